The van der Waals surface area contributed by atoms with Crippen LogP contribution in [0.5, 0.6) is 0 Å². The van der Waals surface area contributed by atoms with Crippen LogP contribution in [0.4, 0.5) is 5.95 Å². The Kier molecular flexibility index (Phi) is 5.80. The molecule has 0 radical (unpaired) electrons. The highest BCUT2D eigenvalue weighted by atomic mass is 16.5. The maximum Gasteiger partial charge on any atom is 0.243 e. The highest BCUT2D eigenvalue weighted by molar-refractivity contribution is 5.93. The molecule has 5 rings (SSSR count). The molecule has 0 saturated carbocycles. The molecule has 1 N–H and O–H groups in total. The number of likely N-dealkylation sites (tertiary alicyclic amines) is 1. The molecule has 168 valence electrons. The number of aromatic nitrogens is 3. The molecule has 0 aliphatic carbocycles. The maximum absolute atomic E-state index is 11.4. The second-order valence-corrected chi connectivity index (χ2v) is 9.09. The van der Waals surface area contributed by atoms with Crippen LogP contribution in [0.1, 0.15) is 41.1 Å². The minimum absolute atomic E-state index is 0.188. The van der Waals surface area contributed by atoms with Crippen molar-refractivity contribution >= 4 is 22.8 Å². The second kappa shape index (κ2) is 8.88. The van der Waals surface area contributed by atoms with E-state index in [4.69, 9.17) is 0 Å². The lowest BCUT2D eigenvalue weighted by Gasteiger charge is -2.34. The van der Waals surface area contributed by atoms with Crippen LogP contribution >= 0.6 is 0 Å². The zero-order chi connectivity index (χ0) is 22.1. The van der Waals surface area contributed by atoms with Crippen LogP contribution in [0.3, 0.4) is 0 Å². The van der Waals surface area contributed by atoms with Gasteiger partial charge >= 0.3 is 0 Å². The highest BCUT2D eigenvalue weighted by Crippen LogP contribution is 2.34. The summed E-state index contributed by atoms with van der Waals surface area (Å²) in [5.41, 5.74) is 4.35. The number of rotatable bonds is 5. The fraction of sp³-hybridized carbons (Fsp3) is 0.458. The van der Waals surface area contributed by atoms with E-state index in [-0.39, 0.29) is 5.56 Å². The van der Waals surface area contributed by atoms with Crippen molar-refractivity contribution in [3.8, 4) is 0 Å². The monoisotopic (exact) mass is 433 g/mol. The van der Waals surface area contributed by atoms with Crippen LogP contribution < -0.4 is 10.4 Å². The minimum Gasteiger partial charge on any atom is -0.759 e. The summed E-state index contributed by atoms with van der Waals surface area (Å²) in [7, 11) is 2.14. The molecule has 8 nitrogen and oxygen atoms in total. The van der Waals surface area contributed by atoms with E-state index in [1.54, 1.807) is 0 Å². The van der Waals surface area contributed by atoms with E-state index < -0.39 is 5.91 Å². The molecule has 1 unspecified atom stereocenters. The van der Waals surface area contributed by atoms with Gasteiger partial charge in [0, 0.05) is 62.7 Å². The van der Waals surface area contributed by atoms with Crippen molar-refractivity contribution in [3.63, 3.8) is 0 Å². The molecule has 3 aromatic rings. The van der Waals surface area contributed by atoms with Crippen LogP contribution in [0.25, 0.3) is 10.9 Å². The smallest absolute Gasteiger partial charge is 0.243 e. The van der Waals surface area contributed by atoms with Gasteiger partial charge in [0.2, 0.25) is 11.9 Å². The average molecular weight is 434 g/mol. The van der Waals surface area contributed by atoms with Gasteiger partial charge in [-0.15, -0.1) is 0 Å². The molecule has 8 heteroatoms. The largest absolute Gasteiger partial charge is 0.759 e. The first-order valence-corrected chi connectivity index (χ1v) is 11.4. The second-order valence-electron chi connectivity index (χ2n) is 9.09. The van der Waals surface area contributed by atoms with Gasteiger partial charge in [-0.25, -0.2) is 9.97 Å². The number of carbonyl (C=O) groups is 1. The first-order valence-electron chi connectivity index (χ1n) is 11.4. The zero-order valence-corrected chi connectivity index (χ0v) is 18.4. The predicted octanol–water partition coefficient (Wildman–Crippen LogP) is 2.90. The molecule has 2 fully saturated rings. The van der Waals surface area contributed by atoms with Crippen molar-refractivity contribution < 1.29 is 4.79 Å². The molecule has 2 aliphatic rings. The normalized spacial score (nSPS) is 20.2. The van der Waals surface area contributed by atoms with Gasteiger partial charge in [-0.3, -0.25) is 4.79 Å². The number of hydrogen-bond donors (Lipinski definition) is 1. The number of carbonyl (C=O) groups excluding carboxylic acids is 1. The van der Waals surface area contributed by atoms with Gasteiger partial charge in [0.15, 0.2) is 0 Å². The lowest BCUT2D eigenvalue weighted by Crippen LogP contribution is -2.39. The number of amides is 1. The predicted molar refractivity (Wildman–Crippen MR) is 125 cm³/mol. The number of aryl methyl sites for hydroxylation is 1. The standard InChI is InChI=1S/C24H29N6O2/c1-28-16-21(20-4-2-3-5-22(20)28)18-8-9-29(15-18)14-17-6-10-30(11-7-17)24-25-12-19(13-26-24)23(31)27-32/h2-5,12-13,16-18H,6-11,14-15H2,1H3,(H-,27,31,32)/q-1. The molecular weight excluding hydrogens is 404 g/mol. The van der Waals surface area contributed by atoms with E-state index in [1.807, 2.05) is 0 Å². The number of nitrogens with one attached hydrogen (secondary N) is 1. The fourth-order valence-corrected chi connectivity index (χ4v) is 5.29. The Morgan fingerprint density at radius 1 is 1.12 bits per heavy atom. The quantitative estimate of drug-likeness (QED) is 0.623. The molecule has 2 saturated heterocycles. The number of piperidine rings is 1. The summed E-state index contributed by atoms with van der Waals surface area (Å²) in [6.07, 6.45) is 8.61. The van der Waals surface area contributed by atoms with Crippen LogP contribution in [0, 0.1) is 11.1 Å². The van der Waals surface area contributed by atoms with E-state index in [1.165, 1.54) is 47.3 Å². The van der Waals surface area contributed by atoms with E-state index in [0.29, 0.717) is 17.8 Å². The van der Waals surface area contributed by atoms with Gasteiger partial charge in [-0.05, 0) is 49.3 Å². The van der Waals surface area contributed by atoms with Crippen molar-refractivity contribution in [1.29, 1.82) is 0 Å². The van der Waals surface area contributed by atoms with Gasteiger partial charge in [0.1, 0.15) is 0 Å². The van der Waals surface area contributed by atoms with Gasteiger partial charge in [0.25, 0.3) is 0 Å². The Morgan fingerprint density at radius 2 is 1.88 bits per heavy atom. The molecule has 2 aliphatic heterocycles. The lowest BCUT2D eigenvalue weighted by atomic mass is 9.96. The van der Waals surface area contributed by atoms with Gasteiger partial charge < -0.3 is 25.1 Å². The highest BCUT2D eigenvalue weighted by Gasteiger charge is 2.29. The summed E-state index contributed by atoms with van der Waals surface area (Å²) in [5, 5.41) is 11.9. The van der Waals surface area contributed by atoms with E-state index in [0.717, 1.165) is 39.0 Å². The molecule has 0 spiro atoms. The summed E-state index contributed by atoms with van der Waals surface area (Å²) in [6, 6.07) is 8.71. The Balaban J connectivity index is 1.15. The first-order chi connectivity index (χ1) is 15.6. The number of para-hydroxylation sites is 1. The number of benzene rings is 1. The number of nitrogens with zero attached hydrogens (tertiary/aromatic N) is 5. The summed E-state index contributed by atoms with van der Waals surface area (Å²) < 4.78 is 2.25. The summed E-state index contributed by atoms with van der Waals surface area (Å²) in [6.45, 7) is 5.29. The molecule has 1 atom stereocenters. The van der Waals surface area contributed by atoms with Crippen LogP contribution in [0.15, 0.2) is 42.9 Å². The molecule has 0 bridgehead atoms. The van der Waals surface area contributed by atoms with Crippen molar-refractivity contribution in [2.45, 2.75) is 25.2 Å². The van der Waals surface area contributed by atoms with Gasteiger partial charge in [-0.2, -0.15) is 0 Å². The molecule has 4 heterocycles. The first kappa shape index (κ1) is 20.9. The van der Waals surface area contributed by atoms with E-state index in [9.17, 15) is 10.0 Å². The number of fused-ring (bicyclic) bond motifs is 1. The molecule has 1 amide bonds. The zero-order valence-electron chi connectivity index (χ0n) is 18.4. The van der Waals surface area contributed by atoms with Crippen molar-refractivity contribution in [1.82, 2.24) is 24.9 Å². The van der Waals surface area contributed by atoms with Gasteiger partial charge in [-0.1, -0.05) is 18.2 Å². The molecular formula is C24H29N6O2-. The third kappa shape index (κ3) is 4.08. The molecule has 1 aromatic carbocycles. The minimum atomic E-state index is -0.706. The lowest BCUT2D eigenvalue weighted by molar-refractivity contribution is 0.0969. The average Bonchev–Trinajstić information content (AvgIpc) is 3.43. The Hall–Kier alpha value is -2.97. The maximum atomic E-state index is 11.4. The summed E-state index contributed by atoms with van der Waals surface area (Å²) in [5.74, 6) is 1.22. The molecule has 32 heavy (non-hydrogen) atoms. The van der Waals surface area contributed by atoms with E-state index in [2.05, 4.69) is 61.8 Å². The Morgan fingerprint density at radius 3 is 2.62 bits per heavy atom. The van der Waals surface area contributed by atoms with Crippen LogP contribution in [0.2, 0.25) is 0 Å². The number of hydrogen-bond acceptors (Lipinski definition) is 6. The van der Waals surface area contributed by atoms with Crippen molar-refractivity contribution in [2.24, 2.45) is 13.0 Å². The third-order valence-corrected chi connectivity index (χ3v) is 7.05. The third-order valence-electron chi connectivity index (χ3n) is 7.05. The summed E-state index contributed by atoms with van der Waals surface area (Å²) in [4.78, 5) is 24.7. The van der Waals surface area contributed by atoms with Crippen LogP contribution in [-0.2, 0) is 7.05 Å². The van der Waals surface area contributed by atoms with Crippen molar-refractivity contribution in [3.05, 3.63) is 59.2 Å². The SMILES string of the molecule is Cn1cc(C2CCN(CC3CCN(c4ncc(C(=O)N[O-])cn4)CC3)C2)c2ccccc21. The van der Waals surface area contributed by atoms with Gasteiger partial charge in [0.05, 0.1) is 5.56 Å². The number of hydroxylamine groups is 1. The summed E-state index contributed by atoms with van der Waals surface area (Å²) >= 11 is 0. The topological polar surface area (TPSA) is 89.4 Å². The van der Waals surface area contributed by atoms with Crippen LogP contribution in [-0.4, -0.2) is 58.1 Å². The Bertz CT molecular complexity index is 1090. The fourth-order valence-electron chi connectivity index (χ4n) is 5.29. The Labute approximate surface area is 187 Å². The number of anilines is 1. The van der Waals surface area contributed by atoms with Crippen molar-refractivity contribution in [2.75, 3.05) is 37.6 Å². The molecule has 2 aromatic heterocycles. The van der Waals surface area contributed by atoms with E-state index >= 15 is 0 Å².